The molecule has 0 aromatic heterocycles. The van der Waals surface area contributed by atoms with Crippen LogP contribution in [0, 0.1) is 11.8 Å². The molecule has 0 amide bonds. The van der Waals surface area contributed by atoms with Crippen molar-refractivity contribution in [3.8, 4) is 5.75 Å². The third-order valence-corrected chi connectivity index (χ3v) is 7.11. The second kappa shape index (κ2) is 10.2. The fourth-order valence-electron chi connectivity index (χ4n) is 4.49. The molecule has 0 saturated carbocycles. The summed E-state index contributed by atoms with van der Waals surface area (Å²) >= 11 is 12.7. The molecule has 2 aliphatic carbocycles. The SMILES string of the molecule is COC(=O)C1CN(CC2=C(Cl)c3ccc(OCCCC4C=CC(Cl)=CC4)cc3CC2)C1. The van der Waals surface area contributed by atoms with Gasteiger partial charge in [0.15, 0.2) is 0 Å². The molecule has 1 fully saturated rings. The highest BCUT2D eigenvalue weighted by Gasteiger charge is 2.34. The van der Waals surface area contributed by atoms with E-state index in [4.69, 9.17) is 32.7 Å². The van der Waals surface area contributed by atoms with Crippen LogP contribution in [0.3, 0.4) is 0 Å². The van der Waals surface area contributed by atoms with Crippen LogP contribution >= 0.6 is 23.2 Å². The number of aryl methyl sites for hydroxylation is 1. The van der Waals surface area contributed by atoms with Gasteiger partial charge in [0.1, 0.15) is 5.75 Å². The number of methoxy groups -OCH3 is 1. The lowest BCUT2D eigenvalue weighted by Crippen LogP contribution is -2.51. The van der Waals surface area contributed by atoms with Crippen LogP contribution in [0.25, 0.3) is 5.03 Å². The molecule has 166 valence electrons. The Kier molecular flexibility index (Phi) is 7.42. The maximum atomic E-state index is 11.6. The Hall–Kier alpha value is -1.75. The third kappa shape index (κ3) is 5.54. The Labute approximate surface area is 194 Å². The van der Waals surface area contributed by atoms with Crippen LogP contribution in [0.4, 0.5) is 0 Å². The number of nitrogens with zero attached hydrogens (tertiary/aromatic N) is 1. The number of likely N-dealkylation sites (tertiary alicyclic amines) is 1. The first-order valence-corrected chi connectivity index (χ1v) is 11.8. The lowest BCUT2D eigenvalue weighted by Gasteiger charge is -2.38. The zero-order valence-electron chi connectivity index (χ0n) is 17.9. The molecule has 3 aliphatic rings. The fourth-order valence-corrected chi connectivity index (χ4v) is 4.99. The number of rotatable bonds is 8. The number of fused-ring (bicyclic) bond motifs is 1. The highest BCUT2D eigenvalue weighted by atomic mass is 35.5. The number of halogens is 2. The number of ether oxygens (including phenoxy) is 2. The maximum absolute atomic E-state index is 11.6. The standard InChI is InChI=1S/C25H29Cl2NO3/c1-30-25(29)20-15-28(16-20)14-19-7-6-18-13-22(10-11-23(18)24(19)27)31-12-2-3-17-4-8-21(26)9-5-17/h4,8-11,13,17,20H,2-3,5-7,12,14-16H2,1H3. The summed E-state index contributed by atoms with van der Waals surface area (Å²) in [6.45, 7) is 3.03. The number of esters is 1. The molecule has 0 N–H and O–H groups in total. The molecule has 1 heterocycles. The predicted molar refractivity (Wildman–Crippen MR) is 125 cm³/mol. The summed E-state index contributed by atoms with van der Waals surface area (Å²) in [6.07, 6.45) is 11.3. The van der Waals surface area contributed by atoms with E-state index in [0.29, 0.717) is 12.5 Å². The maximum Gasteiger partial charge on any atom is 0.311 e. The smallest absolute Gasteiger partial charge is 0.311 e. The summed E-state index contributed by atoms with van der Waals surface area (Å²) in [6, 6.07) is 6.23. The van der Waals surface area contributed by atoms with E-state index in [9.17, 15) is 4.79 Å². The number of carbonyl (C=O) groups excluding carboxylic acids is 1. The quantitative estimate of drug-likeness (QED) is 0.375. The molecule has 4 nitrogen and oxygen atoms in total. The van der Waals surface area contributed by atoms with Gasteiger partial charge in [-0.1, -0.05) is 35.4 Å². The number of benzene rings is 1. The first-order chi connectivity index (χ1) is 15.0. The first-order valence-electron chi connectivity index (χ1n) is 11.0. The van der Waals surface area contributed by atoms with Crippen LogP contribution in [0.15, 0.2) is 47.0 Å². The van der Waals surface area contributed by atoms with Gasteiger partial charge >= 0.3 is 5.97 Å². The molecule has 1 aromatic rings. The van der Waals surface area contributed by atoms with Crippen LogP contribution in [0.1, 0.15) is 36.8 Å². The van der Waals surface area contributed by atoms with Crippen LogP contribution in [-0.2, 0) is 16.0 Å². The van der Waals surface area contributed by atoms with Crippen molar-refractivity contribution in [2.24, 2.45) is 11.8 Å². The van der Waals surface area contributed by atoms with Crippen molar-refractivity contribution >= 4 is 34.2 Å². The van der Waals surface area contributed by atoms with Crippen molar-refractivity contribution < 1.29 is 14.3 Å². The van der Waals surface area contributed by atoms with Gasteiger partial charge < -0.3 is 9.47 Å². The van der Waals surface area contributed by atoms with Gasteiger partial charge in [-0.25, -0.2) is 0 Å². The van der Waals surface area contributed by atoms with E-state index in [-0.39, 0.29) is 11.9 Å². The monoisotopic (exact) mass is 461 g/mol. The molecule has 0 radical (unpaired) electrons. The van der Waals surface area contributed by atoms with Crippen molar-refractivity contribution in [3.63, 3.8) is 0 Å². The molecule has 1 saturated heterocycles. The molecule has 0 bridgehead atoms. The molecule has 1 aliphatic heterocycles. The Morgan fingerprint density at radius 2 is 2.06 bits per heavy atom. The van der Waals surface area contributed by atoms with Gasteiger partial charge in [-0.2, -0.15) is 0 Å². The van der Waals surface area contributed by atoms with Gasteiger partial charge in [0.05, 0.1) is 19.6 Å². The van der Waals surface area contributed by atoms with Crippen LogP contribution in [0.5, 0.6) is 5.75 Å². The summed E-state index contributed by atoms with van der Waals surface area (Å²) in [5.41, 5.74) is 3.61. The molecular formula is C25H29Cl2NO3. The zero-order valence-corrected chi connectivity index (χ0v) is 19.4. The average Bonchev–Trinajstić information content (AvgIpc) is 2.75. The zero-order chi connectivity index (χ0) is 21.8. The lowest BCUT2D eigenvalue weighted by atomic mass is 9.90. The summed E-state index contributed by atoms with van der Waals surface area (Å²) in [7, 11) is 1.45. The van der Waals surface area contributed by atoms with E-state index < -0.39 is 0 Å². The van der Waals surface area contributed by atoms with E-state index in [0.717, 1.165) is 73.1 Å². The Morgan fingerprint density at radius 1 is 1.23 bits per heavy atom. The summed E-state index contributed by atoms with van der Waals surface area (Å²) in [4.78, 5) is 13.8. The molecule has 1 aromatic carbocycles. The highest BCUT2D eigenvalue weighted by Crippen LogP contribution is 2.37. The number of allylic oxidation sites excluding steroid dienone is 4. The second-order valence-corrected chi connectivity index (χ2v) is 9.40. The van der Waals surface area contributed by atoms with Gasteiger partial charge in [-0.15, -0.1) is 0 Å². The van der Waals surface area contributed by atoms with E-state index in [1.54, 1.807) is 0 Å². The predicted octanol–water partition coefficient (Wildman–Crippen LogP) is 5.55. The second-order valence-electron chi connectivity index (χ2n) is 8.59. The topological polar surface area (TPSA) is 38.8 Å². The molecular weight excluding hydrogens is 433 g/mol. The Balaban J connectivity index is 1.27. The van der Waals surface area contributed by atoms with Gasteiger partial charge in [-0.3, -0.25) is 9.69 Å². The highest BCUT2D eigenvalue weighted by molar-refractivity contribution is 6.49. The molecule has 1 atom stereocenters. The van der Waals surface area contributed by atoms with Crippen molar-refractivity contribution in [1.82, 2.24) is 4.90 Å². The molecule has 0 spiro atoms. The minimum atomic E-state index is -0.116. The van der Waals surface area contributed by atoms with Crippen molar-refractivity contribution in [2.75, 3.05) is 33.4 Å². The van der Waals surface area contributed by atoms with Crippen LogP contribution in [0.2, 0.25) is 0 Å². The number of hydrogen-bond acceptors (Lipinski definition) is 4. The summed E-state index contributed by atoms with van der Waals surface area (Å²) < 4.78 is 10.8. The molecule has 6 heteroatoms. The first kappa shape index (κ1) is 22.4. The minimum Gasteiger partial charge on any atom is -0.494 e. The fraction of sp³-hybridized carbons (Fsp3) is 0.480. The van der Waals surface area contributed by atoms with Gasteiger partial charge in [-0.05, 0) is 79.0 Å². The third-order valence-electron chi connectivity index (χ3n) is 6.36. The molecule has 31 heavy (non-hydrogen) atoms. The number of hydrogen-bond donors (Lipinski definition) is 0. The molecule has 4 rings (SSSR count). The Bertz CT molecular complexity index is 915. The normalized spacial score (nSPS) is 21.4. The average molecular weight is 462 g/mol. The van der Waals surface area contributed by atoms with Crippen molar-refractivity contribution in [2.45, 2.75) is 32.1 Å². The van der Waals surface area contributed by atoms with E-state index in [2.05, 4.69) is 29.2 Å². The Morgan fingerprint density at radius 3 is 2.81 bits per heavy atom. The van der Waals surface area contributed by atoms with Crippen LogP contribution in [-0.4, -0.2) is 44.2 Å². The lowest BCUT2D eigenvalue weighted by molar-refractivity contribution is -0.151. The van der Waals surface area contributed by atoms with E-state index in [1.807, 2.05) is 12.1 Å². The van der Waals surface area contributed by atoms with Crippen molar-refractivity contribution in [3.05, 3.63) is 58.2 Å². The van der Waals surface area contributed by atoms with Crippen molar-refractivity contribution in [1.29, 1.82) is 0 Å². The van der Waals surface area contributed by atoms with E-state index >= 15 is 0 Å². The van der Waals surface area contributed by atoms with Crippen LogP contribution < -0.4 is 4.74 Å². The van der Waals surface area contributed by atoms with Gasteiger partial charge in [0.25, 0.3) is 0 Å². The van der Waals surface area contributed by atoms with E-state index in [1.165, 1.54) is 18.2 Å². The molecule has 1 unspecified atom stereocenters. The van der Waals surface area contributed by atoms with Gasteiger partial charge in [0.2, 0.25) is 0 Å². The minimum absolute atomic E-state index is 0.00311. The largest absolute Gasteiger partial charge is 0.494 e. The summed E-state index contributed by atoms with van der Waals surface area (Å²) in [5, 5.41) is 1.69. The summed E-state index contributed by atoms with van der Waals surface area (Å²) in [5.74, 6) is 1.36. The van der Waals surface area contributed by atoms with Gasteiger partial charge in [0, 0.05) is 29.7 Å². The number of carbonyl (C=O) groups is 1.